The minimum absolute atomic E-state index is 0.0659. The van der Waals surface area contributed by atoms with E-state index in [9.17, 15) is 27.5 Å². The third-order valence-electron chi connectivity index (χ3n) is 6.83. The Kier molecular flexibility index (Phi) is 12.4. The molecule has 0 bridgehead atoms. The topological polar surface area (TPSA) is 147 Å². The lowest BCUT2D eigenvalue weighted by Crippen LogP contribution is -2.34. The molecule has 0 saturated heterocycles. The van der Waals surface area contributed by atoms with Crippen LogP contribution in [0.25, 0.3) is 0 Å². The summed E-state index contributed by atoms with van der Waals surface area (Å²) in [6, 6.07) is 17.0. The van der Waals surface area contributed by atoms with Crippen LogP contribution in [0.1, 0.15) is 38.8 Å². The van der Waals surface area contributed by atoms with Crippen molar-refractivity contribution in [2.45, 2.75) is 30.4 Å². The van der Waals surface area contributed by atoms with Crippen LogP contribution in [0.3, 0.4) is 0 Å². The van der Waals surface area contributed by atoms with Crippen molar-refractivity contribution in [1.82, 2.24) is 19.1 Å². The molecule has 10 nitrogen and oxygen atoms in total. The molecule has 0 aliphatic carbocycles. The number of hydrogen-bond acceptors (Lipinski definition) is 8. The first-order valence-corrected chi connectivity index (χ1v) is 15.3. The van der Waals surface area contributed by atoms with Crippen molar-refractivity contribution in [2.24, 2.45) is 0 Å². The van der Waals surface area contributed by atoms with Gasteiger partial charge in [-0.15, -0.1) is 0 Å². The van der Waals surface area contributed by atoms with Crippen LogP contribution in [-0.4, -0.2) is 30.0 Å². The number of hydrogen-bond donors (Lipinski definition) is 1. The molecule has 1 unspecified atom stereocenters. The Morgan fingerprint density at radius 2 is 1.41 bits per heavy atom. The lowest BCUT2D eigenvalue weighted by Gasteiger charge is -2.27. The van der Waals surface area contributed by atoms with Gasteiger partial charge in [0.2, 0.25) is 5.78 Å². The number of alkyl halides is 1. The normalized spacial score (nSPS) is 11.6. The van der Waals surface area contributed by atoms with E-state index in [4.69, 9.17) is 19.4 Å². The summed E-state index contributed by atoms with van der Waals surface area (Å²) in [5.74, 6) is -2.18. The molecule has 4 aromatic heterocycles. The number of ketones is 1. The van der Waals surface area contributed by atoms with Crippen LogP contribution in [-0.2, 0) is 30.4 Å². The monoisotopic (exact) mass is 736 g/mol. The standard InChI is InChI=1S/C17H13F2N3O2.C10H7N3O2.C7H5BrF2/c18-13-4-3-12(15(19)6-13)7-17(23,16-2-1-5-24-16)10-22-11-21-9-14(22)8-20;11-4-8-5-12-7-13(8)6-9(14)10-2-1-3-15-10;8-4-5-1-2-6(9)3-7(5)10/h1-6,9,11,23H,7,10H2;1-3,5,7H,6H2;1-3H,4H2. The van der Waals surface area contributed by atoms with E-state index in [1.165, 1.54) is 64.9 Å². The fourth-order valence-corrected chi connectivity index (χ4v) is 4.86. The Hall–Kier alpha value is -5.77. The predicted octanol–water partition coefficient (Wildman–Crippen LogP) is 6.85. The van der Waals surface area contributed by atoms with E-state index in [2.05, 4.69) is 25.9 Å². The maximum Gasteiger partial charge on any atom is 0.217 e. The molecule has 0 aliphatic heterocycles. The van der Waals surface area contributed by atoms with Gasteiger partial charge in [-0.25, -0.2) is 27.5 Å². The lowest BCUT2D eigenvalue weighted by atomic mass is 9.91. The Morgan fingerprint density at radius 1 is 0.837 bits per heavy atom. The highest BCUT2D eigenvalue weighted by molar-refractivity contribution is 9.08. The molecule has 1 N–H and O–H groups in total. The smallest absolute Gasteiger partial charge is 0.217 e. The molecule has 49 heavy (non-hydrogen) atoms. The number of halogens is 5. The molecule has 6 aromatic rings. The van der Waals surface area contributed by atoms with E-state index in [1.54, 1.807) is 24.3 Å². The van der Waals surface area contributed by atoms with Crippen LogP contribution in [0.15, 0.2) is 107 Å². The number of benzene rings is 2. The Balaban J connectivity index is 0.000000184. The van der Waals surface area contributed by atoms with Gasteiger partial charge in [-0.3, -0.25) is 4.79 Å². The van der Waals surface area contributed by atoms with Crippen molar-refractivity contribution in [2.75, 3.05) is 0 Å². The average molecular weight is 738 g/mol. The van der Waals surface area contributed by atoms with Gasteiger partial charge in [-0.2, -0.15) is 10.5 Å². The molecule has 0 amide bonds. The van der Waals surface area contributed by atoms with E-state index in [0.29, 0.717) is 16.6 Å². The van der Waals surface area contributed by atoms with Crippen LogP contribution in [0.2, 0.25) is 0 Å². The first kappa shape index (κ1) is 36.1. The van der Waals surface area contributed by atoms with Crippen molar-refractivity contribution < 1.29 is 36.3 Å². The fraction of sp³-hybridized carbons (Fsp3) is 0.147. The molecule has 0 aliphatic rings. The SMILES string of the molecule is Fc1ccc(CBr)c(F)c1.N#Cc1cncn1CC(=O)c1ccco1.N#Cc1cncn1CC(O)(Cc1ccc(F)cc1F)c1ccco1. The van der Waals surface area contributed by atoms with E-state index < -0.39 is 28.9 Å². The zero-order valence-electron chi connectivity index (χ0n) is 25.3. The average Bonchev–Trinajstić information content (AvgIpc) is 3.91. The van der Waals surface area contributed by atoms with Crippen LogP contribution in [0, 0.1) is 45.9 Å². The summed E-state index contributed by atoms with van der Waals surface area (Å²) >= 11 is 3.07. The molecule has 4 heterocycles. The van der Waals surface area contributed by atoms with Crippen molar-refractivity contribution >= 4 is 21.7 Å². The summed E-state index contributed by atoms with van der Waals surface area (Å²) in [6.45, 7) is -0.00334. The number of furan rings is 2. The number of imidazole rings is 2. The van der Waals surface area contributed by atoms with Gasteiger partial charge >= 0.3 is 0 Å². The highest BCUT2D eigenvalue weighted by atomic mass is 79.9. The van der Waals surface area contributed by atoms with Gasteiger partial charge in [0.1, 0.15) is 58.2 Å². The number of aromatic nitrogens is 4. The molecule has 15 heteroatoms. The van der Waals surface area contributed by atoms with Gasteiger partial charge in [-0.05, 0) is 47.5 Å². The van der Waals surface area contributed by atoms with Crippen LogP contribution < -0.4 is 0 Å². The molecule has 250 valence electrons. The minimum atomic E-state index is -1.63. The predicted molar refractivity (Wildman–Crippen MR) is 169 cm³/mol. The lowest BCUT2D eigenvalue weighted by molar-refractivity contribution is -0.00308. The second-order valence-corrected chi connectivity index (χ2v) is 10.8. The third-order valence-corrected chi connectivity index (χ3v) is 7.44. The van der Waals surface area contributed by atoms with Crippen LogP contribution in [0.5, 0.6) is 0 Å². The molecular weight excluding hydrogens is 712 g/mol. The van der Waals surface area contributed by atoms with Crippen molar-refractivity contribution in [3.05, 3.63) is 156 Å². The highest BCUT2D eigenvalue weighted by Crippen LogP contribution is 2.30. The van der Waals surface area contributed by atoms with Crippen molar-refractivity contribution in [3.8, 4) is 12.1 Å². The Labute approximate surface area is 285 Å². The molecule has 2 aromatic carbocycles. The maximum absolute atomic E-state index is 14.0. The zero-order chi connectivity index (χ0) is 35.4. The quantitative estimate of drug-likeness (QED) is 0.0964. The number of rotatable bonds is 9. The first-order chi connectivity index (χ1) is 23.6. The minimum Gasteiger partial charge on any atom is -0.466 e. The second-order valence-electron chi connectivity index (χ2n) is 10.2. The van der Waals surface area contributed by atoms with Crippen LogP contribution in [0.4, 0.5) is 17.6 Å². The number of nitrogens with zero attached hydrogens (tertiary/aromatic N) is 6. The Bertz CT molecular complexity index is 2070. The molecule has 0 spiro atoms. The molecule has 0 radical (unpaired) electrons. The molecule has 0 saturated carbocycles. The summed E-state index contributed by atoms with van der Waals surface area (Å²) < 4.78 is 65.1. The second kappa shape index (κ2) is 16.9. The highest BCUT2D eigenvalue weighted by Gasteiger charge is 2.35. The van der Waals surface area contributed by atoms with E-state index in [-0.39, 0.29) is 48.1 Å². The molecule has 1 atom stereocenters. The summed E-state index contributed by atoms with van der Waals surface area (Å²) in [5.41, 5.74) is -0.418. The number of Topliss-reactive ketones (excluding diaryl/α,β-unsaturated/α-hetero) is 1. The number of carbonyl (C=O) groups excluding carboxylic acids is 1. The van der Waals surface area contributed by atoms with Crippen molar-refractivity contribution in [3.63, 3.8) is 0 Å². The fourth-order valence-electron chi connectivity index (χ4n) is 4.41. The molecule has 6 rings (SSSR count). The maximum atomic E-state index is 14.0. The van der Waals surface area contributed by atoms with Gasteiger partial charge < -0.3 is 23.1 Å². The van der Waals surface area contributed by atoms with Crippen molar-refractivity contribution in [1.29, 1.82) is 10.5 Å². The van der Waals surface area contributed by atoms with Gasteiger partial charge in [0.05, 0.1) is 50.7 Å². The number of carbonyl (C=O) groups is 1. The van der Waals surface area contributed by atoms with Gasteiger partial charge in [0.15, 0.2) is 5.76 Å². The van der Waals surface area contributed by atoms with Crippen LogP contribution >= 0.6 is 15.9 Å². The van der Waals surface area contributed by atoms with Gasteiger partial charge in [0.25, 0.3) is 0 Å². The largest absolute Gasteiger partial charge is 0.466 e. The first-order valence-electron chi connectivity index (χ1n) is 14.1. The molecule has 0 fully saturated rings. The summed E-state index contributed by atoms with van der Waals surface area (Å²) in [4.78, 5) is 19.2. The van der Waals surface area contributed by atoms with Gasteiger partial charge in [0, 0.05) is 23.9 Å². The van der Waals surface area contributed by atoms with E-state index >= 15 is 0 Å². The van der Waals surface area contributed by atoms with E-state index in [1.807, 2.05) is 12.1 Å². The number of aliphatic hydroxyl groups is 1. The van der Waals surface area contributed by atoms with Gasteiger partial charge in [-0.1, -0.05) is 28.1 Å². The number of nitriles is 2. The summed E-state index contributed by atoms with van der Waals surface area (Å²) in [6.07, 6.45) is 8.28. The third kappa shape index (κ3) is 9.63. The summed E-state index contributed by atoms with van der Waals surface area (Å²) in [7, 11) is 0. The van der Waals surface area contributed by atoms with E-state index in [0.717, 1.165) is 18.2 Å². The zero-order valence-corrected chi connectivity index (χ0v) is 26.9. The molecular formula is C34H25BrF4N6O4. The summed E-state index contributed by atoms with van der Waals surface area (Å²) in [5, 5.41) is 29.3. The Morgan fingerprint density at radius 3 is 1.94 bits per heavy atom.